The second kappa shape index (κ2) is 11.3. The molecule has 0 aliphatic heterocycles. The molecule has 2 aliphatic carbocycles. The number of hydrogen-bond donors (Lipinski definition) is 3. The van der Waals surface area contributed by atoms with Crippen LogP contribution in [0.15, 0.2) is 48.5 Å². The third kappa shape index (κ3) is 7.91. The van der Waals surface area contributed by atoms with Gasteiger partial charge in [0, 0.05) is 29.8 Å². The Bertz CT molecular complexity index is 993. The molecule has 0 spiro atoms. The summed E-state index contributed by atoms with van der Waals surface area (Å²) < 4.78 is 14.2. The summed E-state index contributed by atoms with van der Waals surface area (Å²) in [6.07, 6.45) is 5.16. The van der Waals surface area contributed by atoms with Gasteiger partial charge in [0.15, 0.2) is 0 Å². The normalized spacial score (nSPS) is 19.8. The lowest BCUT2D eigenvalue weighted by Crippen LogP contribution is -2.38. The Morgan fingerprint density at radius 1 is 1.18 bits per heavy atom. The lowest BCUT2D eigenvalue weighted by atomic mass is 10.0. The number of carbonyl (C=O) groups is 1. The minimum atomic E-state index is -0.399. The van der Waals surface area contributed by atoms with Gasteiger partial charge in [0.25, 0.3) is 5.91 Å². The van der Waals surface area contributed by atoms with Gasteiger partial charge in [0.2, 0.25) is 0 Å². The Hall–Kier alpha value is -2.84. The van der Waals surface area contributed by atoms with E-state index in [2.05, 4.69) is 46.8 Å². The van der Waals surface area contributed by atoms with Crippen LogP contribution in [0.2, 0.25) is 0 Å². The molecule has 2 fully saturated rings. The van der Waals surface area contributed by atoms with Crippen LogP contribution in [0.5, 0.6) is 0 Å². The molecule has 2 aliphatic rings. The van der Waals surface area contributed by atoms with Gasteiger partial charge in [-0.05, 0) is 74.2 Å². The third-order valence-electron chi connectivity index (χ3n) is 6.43. The van der Waals surface area contributed by atoms with Gasteiger partial charge >= 0.3 is 0 Å². The van der Waals surface area contributed by atoms with Crippen molar-refractivity contribution in [2.24, 2.45) is 17.8 Å². The number of nitrogens with one attached hydrogen (secondary N) is 3. The third-order valence-corrected chi connectivity index (χ3v) is 6.43. The zero-order chi connectivity index (χ0) is 23.0. The van der Waals surface area contributed by atoms with Crippen molar-refractivity contribution < 1.29 is 9.18 Å². The first-order valence-corrected chi connectivity index (χ1v) is 12.1. The van der Waals surface area contributed by atoms with E-state index in [1.54, 1.807) is 6.07 Å². The lowest BCUT2D eigenvalue weighted by Gasteiger charge is -2.20. The second-order valence-electron chi connectivity index (χ2n) is 9.50. The lowest BCUT2D eigenvalue weighted by molar-refractivity contribution is 0.0934. The summed E-state index contributed by atoms with van der Waals surface area (Å²) in [6.45, 7) is 4.46. The predicted molar refractivity (Wildman–Crippen MR) is 132 cm³/mol. The monoisotopic (exact) mass is 447 g/mol. The molecule has 0 heterocycles. The van der Waals surface area contributed by atoms with Gasteiger partial charge in [0.05, 0.1) is 6.54 Å². The number of rotatable bonds is 11. The molecule has 1 amide bonds. The van der Waals surface area contributed by atoms with Crippen molar-refractivity contribution in [1.29, 1.82) is 0 Å². The highest BCUT2D eigenvalue weighted by Crippen LogP contribution is 2.37. The number of hydrogen-bond acceptors (Lipinski definition) is 3. The van der Waals surface area contributed by atoms with Crippen molar-refractivity contribution >= 4 is 11.6 Å². The van der Waals surface area contributed by atoms with Crippen LogP contribution in [0, 0.1) is 35.4 Å². The molecule has 2 aromatic rings. The van der Waals surface area contributed by atoms with E-state index in [0.717, 1.165) is 37.4 Å². The fourth-order valence-electron chi connectivity index (χ4n) is 4.00. The Morgan fingerprint density at radius 3 is 2.70 bits per heavy atom. The first-order valence-electron chi connectivity index (χ1n) is 12.1. The van der Waals surface area contributed by atoms with Crippen LogP contribution < -0.4 is 16.0 Å². The molecule has 0 radical (unpaired) electrons. The van der Waals surface area contributed by atoms with E-state index in [9.17, 15) is 9.18 Å². The summed E-state index contributed by atoms with van der Waals surface area (Å²) >= 11 is 0. The molecule has 0 saturated heterocycles. The average molecular weight is 448 g/mol. The first-order chi connectivity index (χ1) is 16.1. The Kier molecular flexibility index (Phi) is 8.01. The molecule has 0 aromatic heterocycles. The maximum absolute atomic E-state index is 14.2. The number of benzene rings is 2. The van der Waals surface area contributed by atoms with Crippen LogP contribution in [0.1, 0.15) is 48.5 Å². The Labute approximate surface area is 196 Å². The van der Waals surface area contributed by atoms with E-state index in [4.69, 9.17) is 0 Å². The fraction of sp³-hybridized carbons (Fsp3) is 0.464. The standard InChI is InChI=1S/C28H34FN3O/c1-20-14-24(20)19-31-27-17-23(16-25(29)18-27)28(33)32-26(15-22-6-3-2-4-7-22)11-13-30-12-5-8-21-9-10-21/h2-4,6-7,16-18,20-21,24,26,30-31H,9-15,19H2,1H3,(H,32,33)/t20-,24?,26+/m0/s1. The molecule has 1 unspecified atom stereocenters. The van der Waals surface area contributed by atoms with Gasteiger partial charge < -0.3 is 16.0 Å². The van der Waals surface area contributed by atoms with Crippen molar-refractivity contribution in [2.45, 2.75) is 45.1 Å². The van der Waals surface area contributed by atoms with E-state index in [-0.39, 0.29) is 11.9 Å². The summed E-state index contributed by atoms with van der Waals surface area (Å²) in [7, 11) is 0. The van der Waals surface area contributed by atoms with Crippen molar-refractivity contribution in [1.82, 2.24) is 10.6 Å². The highest BCUT2D eigenvalue weighted by Gasteiger charge is 2.31. The molecule has 174 valence electrons. The predicted octanol–water partition coefficient (Wildman–Crippen LogP) is 4.63. The van der Waals surface area contributed by atoms with E-state index in [1.165, 1.54) is 31.4 Å². The molecule has 5 heteroatoms. The zero-order valence-electron chi connectivity index (χ0n) is 19.4. The van der Waals surface area contributed by atoms with Crippen LogP contribution in [0.25, 0.3) is 0 Å². The molecule has 3 atom stereocenters. The fourth-order valence-corrected chi connectivity index (χ4v) is 4.00. The summed E-state index contributed by atoms with van der Waals surface area (Å²) in [6, 6.07) is 14.6. The smallest absolute Gasteiger partial charge is 0.251 e. The largest absolute Gasteiger partial charge is 0.385 e. The van der Waals surface area contributed by atoms with E-state index in [1.807, 2.05) is 18.2 Å². The molecule has 0 bridgehead atoms. The van der Waals surface area contributed by atoms with Crippen LogP contribution in [-0.4, -0.2) is 31.6 Å². The van der Waals surface area contributed by atoms with Gasteiger partial charge in [-0.25, -0.2) is 4.39 Å². The van der Waals surface area contributed by atoms with E-state index >= 15 is 0 Å². The van der Waals surface area contributed by atoms with Crippen LogP contribution in [0.3, 0.4) is 0 Å². The average Bonchev–Trinajstić information content (AvgIpc) is 3.73. The molecular weight excluding hydrogens is 413 g/mol. The van der Waals surface area contributed by atoms with Crippen LogP contribution in [0.4, 0.5) is 10.1 Å². The maximum Gasteiger partial charge on any atom is 0.251 e. The first kappa shape index (κ1) is 23.3. The second-order valence-corrected chi connectivity index (χ2v) is 9.50. The highest BCUT2D eigenvalue weighted by molar-refractivity contribution is 5.95. The number of carbonyl (C=O) groups excluding carboxylic acids is 1. The van der Waals surface area contributed by atoms with Crippen molar-refractivity contribution in [2.75, 3.05) is 25.0 Å². The Balaban J connectivity index is 1.34. The molecule has 3 N–H and O–H groups in total. The molecular formula is C28H34FN3O. The maximum atomic E-state index is 14.2. The molecule has 4 rings (SSSR count). The Morgan fingerprint density at radius 2 is 1.97 bits per heavy atom. The number of anilines is 1. The summed E-state index contributed by atoms with van der Waals surface area (Å²) in [5, 5.41) is 9.78. The molecule has 4 nitrogen and oxygen atoms in total. The summed E-state index contributed by atoms with van der Waals surface area (Å²) in [5.74, 6) is 7.76. The van der Waals surface area contributed by atoms with Crippen LogP contribution in [-0.2, 0) is 6.42 Å². The van der Waals surface area contributed by atoms with Gasteiger partial charge in [-0.15, -0.1) is 0 Å². The molecule has 2 saturated carbocycles. The SMILES string of the molecule is C[C@H]1CC1CNc1cc(F)cc(C(=O)N[C@H](CCNCC#CC2CC2)Cc2ccccc2)c1. The topological polar surface area (TPSA) is 53.2 Å². The van der Waals surface area contributed by atoms with Gasteiger partial charge in [-0.2, -0.15) is 0 Å². The zero-order valence-corrected chi connectivity index (χ0v) is 19.4. The van der Waals surface area contributed by atoms with Crippen LogP contribution >= 0.6 is 0 Å². The molecule has 33 heavy (non-hydrogen) atoms. The van der Waals surface area contributed by atoms with Gasteiger partial charge in [-0.1, -0.05) is 49.1 Å². The van der Waals surface area contributed by atoms with Gasteiger partial charge in [0.1, 0.15) is 5.82 Å². The summed E-state index contributed by atoms with van der Waals surface area (Å²) in [5.41, 5.74) is 2.17. The molecule has 2 aromatic carbocycles. The minimum Gasteiger partial charge on any atom is -0.385 e. The number of amides is 1. The van der Waals surface area contributed by atoms with E-state index < -0.39 is 5.82 Å². The van der Waals surface area contributed by atoms with Crippen molar-refractivity contribution in [3.8, 4) is 11.8 Å². The van der Waals surface area contributed by atoms with E-state index in [0.29, 0.717) is 29.6 Å². The van der Waals surface area contributed by atoms with Crippen molar-refractivity contribution in [3.05, 3.63) is 65.5 Å². The highest BCUT2D eigenvalue weighted by atomic mass is 19.1. The minimum absolute atomic E-state index is 0.0595. The quantitative estimate of drug-likeness (QED) is 0.348. The van der Waals surface area contributed by atoms with Gasteiger partial charge in [-0.3, -0.25) is 4.79 Å². The number of halogens is 1. The summed E-state index contributed by atoms with van der Waals surface area (Å²) in [4.78, 5) is 13.0. The van der Waals surface area contributed by atoms with Crippen molar-refractivity contribution in [3.63, 3.8) is 0 Å².